The van der Waals surface area contributed by atoms with Gasteiger partial charge in [-0.05, 0) is 64.2 Å². The van der Waals surface area contributed by atoms with Gasteiger partial charge in [-0.25, -0.2) is 14.6 Å². The van der Waals surface area contributed by atoms with Gasteiger partial charge in [0.15, 0.2) is 5.65 Å². The van der Waals surface area contributed by atoms with Crippen molar-refractivity contribution in [2.75, 3.05) is 18.9 Å². The van der Waals surface area contributed by atoms with Crippen LogP contribution in [0.1, 0.15) is 56.7 Å². The first kappa shape index (κ1) is 27.1. The summed E-state index contributed by atoms with van der Waals surface area (Å²) in [6.45, 7) is 11.4. The molecule has 4 rings (SSSR count). The number of fused-ring (bicyclic) bond motifs is 1. The molecule has 0 aliphatic heterocycles. The zero-order chi connectivity index (χ0) is 27.3. The third kappa shape index (κ3) is 6.13. The molecule has 0 aliphatic rings. The van der Waals surface area contributed by atoms with Crippen LogP contribution in [-0.4, -0.2) is 38.8 Å². The Hall–Kier alpha value is -3.94. The monoisotopic (exact) mass is 514 g/mol. The number of rotatable bonds is 11. The second-order valence-electron chi connectivity index (χ2n) is 10.5. The number of hydrogen-bond donors (Lipinski definition) is 2. The van der Waals surface area contributed by atoms with Crippen molar-refractivity contribution in [1.82, 2.24) is 25.1 Å². The van der Waals surface area contributed by atoms with Gasteiger partial charge < -0.3 is 15.8 Å². The van der Waals surface area contributed by atoms with Crippen molar-refractivity contribution in [2.45, 2.75) is 65.8 Å². The second-order valence-corrected chi connectivity index (χ2v) is 10.5. The van der Waals surface area contributed by atoms with E-state index in [4.69, 9.17) is 15.6 Å². The highest BCUT2D eigenvalue weighted by Crippen LogP contribution is 2.33. The maximum atomic E-state index is 12.7. The Morgan fingerprint density at radius 2 is 1.87 bits per heavy atom. The van der Waals surface area contributed by atoms with Crippen molar-refractivity contribution >= 4 is 22.8 Å². The summed E-state index contributed by atoms with van der Waals surface area (Å²) in [6.07, 6.45) is 4.45. The number of benzene rings is 2. The molecule has 0 saturated carbocycles. The molecule has 4 aromatic rings. The maximum absolute atomic E-state index is 12.7. The number of carbonyl (C=O) groups excluding carboxylic acids is 1. The number of hydrogen-bond acceptors (Lipinski definition) is 6. The van der Waals surface area contributed by atoms with Gasteiger partial charge in [-0.1, -0.05) is 48.9 Å². The van der Waals surface area contributed by atoms with Crippen LogP contribution < -0.4 is 15.8 Å². The van der Waals surface area contributed by atoms with E-state index >= 15 is 0 Å². The number of nitrogens with one attached hydrogen (secondary N) is 1. The highest BCUT2D eigenvalue weighted by Gasteiger charge is 2.28. The van der Waals surface area contributed by atoms with Crippen molar-refractivity contribution in [3.05, 3.63) is 65.5 Å². The van der Waals surface area contributed by atoms with Gasteiger partial charge in [0, 0.05) is 18.5 Å². The Bertz CT molecular complexity index is 1410. The number of aromatic nitrogens is 4. The third-order valence-corrected chi connectivity index (χ3v) is 6.69. The lowest BCUT2D eigenvalue weighted by Crippen LogP contribution is -2.41. The predicted molar refractivity (Wildman–Crippen MR) is 152 cm³/mol. The quantitative estimate of drug-likeness (QED) is 0.279. The minimum Gasteiger partial charge on any atom is -0.493 e. The Morgan fingerprint density at radius 1 is 1.11 bits per heavy atom. The van der Waals surface area contributed by atoms with E-state index in [0.29, 0.717) is 31.0 Å². The van der Waals surface area contributed by atoms with Crippen LogP contribution >= 0.6 is 0 Å². The number of ether oxygens (including phenoxy) is 1. The topological polar surface area (TPSA) is 108 Å². The van der Waals surface area contributed by atoms with Crippen LogP contribution in [0.25, 0.3) is 22.3 Å². The first-order valence-corrected chi connectivity index (χ1v) is 13.3. The molecule has 2 heterocycles. The normalized spacial score (nSPS) is 11.6. The highest BCUT2D eigenvalue weighted by atomic mass is 16.5. The first-order valence-electron chi connectivity index (χ1n) is 13.3. The maximum Gasteiger partial charge on any atom is 0.220 e. The molecule has 1 amide bonds. The molecule has 3 N–H and O–H groups in total. The molecular weight excluding hydrogens is 476 g/mol. The lowest BCUT2D eigenvalue weighted by Gasteiger charge is -2.26. The Balaban J connectivity index is 1.42. The van der Waals surface area contributed by atoms with E-state index < -0.39 is 5.54 Å². The van der Waals surface area contributed by atoms with Crippen molar-refractivity contribution < 1.29 is 9.53 Å². The van der Waals surface area contributed by atoms with Crippen LogP contribution in [0.3, 0.4) is 0 Å². The van der Waals surface area contributed by atoms with Gasteiger partial charge in [0.1, 0.15) is 23.6 Å². The molecule has 38 heavy (non-hydrogen) atoms. The zero-order valence-corrected chi connectivity index (χ0v) is 23.0. The Labute approximate surface area is 224 Å². The van der Waals surface area contributed by atoms with Crippen LogP contribution in [0.5, 0.6) is 5.75 Å². The summed E-state index contributed by atoms with van der Waals surface area (Å²) in [4.78, 5) is 21.4. The van der Waals surface area contributed by atoms with Crippen LogP contribution in [0.2, 0.25) is 0 Å². The number of amides is 1. The van der Waals surface area contributed by atoms with Crippen molar-refractivity contribution in [3.8, 4) is 17.0 Å². The molecule has 0 atom stereocenters. The smallest absolute Gasteiger partial charge is 0.220 e. The standard InChI is InChI=1S/C30H38N6O2/c1-6-16-38-24-17-22(13-12-21(24)3)8-7-9-25(37)32-18-30(4,5)36-29-26(28(31)33-19-34-29)27(35-36)23-14-10-20(2)11-15-23/h10-15,17,19H,6-9,16,18H2,1-5H3,(H,32,37)(H2,31,33,34). The summed E-state index contributed by atoms with van der Waals surface area (Å²) in [5.41, 5.74) is 11.5. The molecule has 0 saturated heterocycles. The van der Waals surface area contributed by atoms with Gasteiger partial charge in [0.25, 0.3) is 0 Å². The van der Waals surface area contributed by atoms with E-state index in [2.05, 4.69) is 47.3 Å². The van der Waals surface area contributed by atoms with Crippen LogP contribution in [0, 0.1) is 13.8 Å². The van der Waals surface area contributed by atoms with E-state index in [9.17, 15) is 4.79 Å². The highest BCUT2D eigenvalue weighted by molar-refractivity contribution is 5.98. The minimum atomic E-state index is -0.542. The van der Waals surface area contributed by atoms with Crippen molar-refractivity contribution in [3.63, 3.8) is 0 Å². The van der Waals surface area contributed by atoms with E-state index in [0.717, 1.165) is 52.8 Å². The summed E-state index contributed by atoms with van der Waals surface area (Å²) in [6, 6.07) is 14.4. The van der Waals surface area contributed by atoms with Crippen LogP contribution in [0.15, 0.2) is 48.8 Å². The number of carbonyl (C=O) groups is 1. The molecule has 200 valence electrons. The van der Waals surface area contributed by atoms with Gasteiger partial charge in [-0.2, -0.15) is 5.10 Å². The molecule has 8 nitrogen and oxygen atoms in total. The van der Waals surface area contributed by atoms with Gasteiger partial charge in [-0.15, -0.1) is 0 Å². The molecule has 0 radical (unpaired) electrons. The Morgan fingerprint density at radius 3 is 2.61 bits per heavy atom. The van der Waals surface area contributed by atoms with E-state index in [1.165, 1.54) is 11.9 Å². The van der Waals surface area contributed by atoms with E-state index in [-0.39, 0.29) is 5.91 Å². The molecule has 0 aliphatic carbocycles. The molecule has 8 heteroatoms. The fourth-order valence-corrected chi connectivity index (χ4v) is 4.41. The van der Waals surface area contributed by atoms with Crippen molar-refractivity contribution in [1.29, 1.82) is 0 Å². The number of anilines is 1. The van der Waals surface area contributed by atoms with Crippen LogP contribution in [0.4, 0.5) is 5.82 Å². The molecule has 0 bridgehead atoms. The summed E-state index contributed by atoms with van der Waals surface area (Å²) >= 11 is 0. The number of aryl methyl sites for hydroxylation is 3. The zero-order valence-electron chi connectivity index (χ0n) is 23.0. The predicted octanol–water partition coefficient (Wildman–Crippen LogP) is 5.36. The number of nitrogen functional groups attached to an aromatic ring is 1. The van der Waals surface area contributed by atoms with Gasteiger partial charge in [-0.3, -0.25) is 4.79 Å². The van der Waals surface area contributed by atoms with E-state index in [1.54, 1.807) is 0 Å². The first-order chi connectivity index (χ1) is 18.2. The van der Waals surface area contributed by atoms with Crippen LogP contribution in [-0.2, 0) is 16.8 Å². The lowest BCUT2D eigenvalue weighted by atomic mass is 10.0. The fraction of sp³-hybridized carbons (Fsp3) is 0.400. The SMILES string of the molecule is CCCOc1cc(CCCC(=O)NCC(C)(C)n2nc(-c3ccc(C)cc3)c3c(N)ncnc32)ccc1C. The summed E-state index contributed by atoms with van der Waals surface area (Å²) in [5.74, 6) is 1.32. The lowest BCUT2D eigenvalue weighted by molar-refractivity contribution is -0.121. The molecule has 0 unspecified atom stereocenters. The third-order valence-electron chi connectivity index (χ3n) is 6.69. The summed E-state index contributed by atoms with van der Waals surface area (Å²) in [7, 11) is 0. The van der Waals surface area contributed by atoms with Crippen molar-refractivity contribution in [2.24, 2.45) is 0 Å². The average molecular weight is 515 g/mol. The number of nitrogens with two attached hydrogens (primary N) is 1. The summed E-state index contributed by atoms with van der Waals surface area (Å²) in [5, 5.41) is 8.72. The molecule has 2 aromatic heterocycles. The fourth-order valence-electron chi connectivity index (χ4n) is 4.41. The molecule has 0 spiro atoms. The molecule has 2 aromatic carbocycles. The number of nitrogens with zero attached hydrogens (tertiary/aromatic N) is 4. The minimum absolute atomic E-state index is 0.0111. The second kappa shape index (κ2) is 11.6. The van der Waals surface area contributed by atoms with Gasteiger partial charge in [0.05, 0.1) is 17.5 Å². The van der Waals surface area contributed by atoms with Gasteiger partial charge >= 0.3 is 0 Å². The molecule has 0 fully saturated rings. The van der Waals surface area contributed by atoms with Gasteiger partial charge in [0.2, 0.25) is 5.91 Å². The van der Waals surface area contributed by atoms with E-state index in [1.807, 2.05) is 49.7 Å². The summed E-state index contributed by atoms with van der Waals surface area (Å²) < 4.78 is 7.69. The molecular formula is C30H38N6O2. The Kier molecular flexibility index (Phi) is 8.29. The average Bonchev–Trinajstić information content (AvgIpc) is 3.30. The largest absolute Gasteiger partial charge is 0.493 e.